The van der Waals surface area contributed by atoms with Gasteiger partial charge in [0.1, 0.15) is 0 Å². The zero-order valence-electron chi connectivity index (χ0n) is 16.4. The van der Waals surface area contributed by atoms with E-state index in [2.05, 4.69) is 54.3 Å². The summed E-state index contributed by atoms with van der Waals surface area (Å²) in [5, 5.41) is 3.63. The van der Waals surface area contributed by atoms with Gasteiger partial charge in [0, 0.05) is 58.1 Å². The van der Waals surface area contributed by atoms with Crippen molar-refractivity contribution in [3.8, 4) is 0 Å². The van der Waals surface area contributed by atoms with Gasteiger partial charge in [-0.05, 0) is 36.5 Å². The molecule has 1 aliphatic heterocycles. The van der Waals surface area contributed by atoms with E-state index in [4.69, 9.17) is 0 Å². The number of aliphatic imine (C=N–C) groups is 1. The predicted octanol–water partition coefficient (Wildman–Crippen LogP) is 2.91. The molecule has 1 fully saturated rings. The lowest BCUT2D eigenvalue weighted by Gasteiger charge is -2.37. The van der Waals surface area contributed by atoms with Crippen LogP contribution >= 0.6 is 24.0 Å². The van der Waals surface area contributed by atoms with Crippen LogP contribution in [0.4, 0.5) is 5.95 Å². The van der Waals surface area contributed by atoms with Gasteiger partial charge < -0.3 is 15.1 Å². The number of nitrogens with one attached hydrogen (secondary N) is 1. The average Bonchev–Trinajstić information content (AvgIpc) is 2.75. The van der Waals surface area contributed by atoms with Crippen LogP contribution in [-0.4, -0.2) is 60.6 Å². The summed E-state index contributed by atoms with van der Waals surface area (Å²) in [5.74, 6) is 2.40. The molecule has 28 heavy (non-hydrogen) atoms. The van der Waals surface area contributed by atoms with Crippen molar-refractivity contribution >= 4 is 35.9 Å². The fourth-order valence-electron chi connectivity index (χ4n) is 4.19. The zero-order valence-corrected chi connectivity index (χ0v) is 18.8. The summed E-state index contributed by atoms with van der Waals surface area (Å²) >= 11 is 0. The predicted molar refractivity (Wildman–Crippen MR) is 125 cm³/mol. The number of hydrogen-bond acceptors (Lipinski definition) is 4. The number of aromatic nitrogens is 2. The molecule has 150 valence electrons. The first-order chi connectivity index (χ1) is 13.3. The number of rotatable bonds is 3. The number of aryl methyl sites for hydroxylation is 1. The molecule has 2 aromatic rings. The van der Waals surface area contributed by atoms with E-state index < -0.39 is 0 Å². The molecular formula is C21H29IN6. The van der Waals surface area contributed by atoms with E-state index in [1.54, 1.807) is 12.4 Å². The van der Waals surface area contributed by atoms with Crippen molar-refractivity contribution in [3.05, 3.63) is 53.9 Å². The molecule has 1 unspecified atom stereocenters. The third-order valence-electron chi connectivity index (χ3n) is 5.63. The van der Waals surface area contributed by atoms with Crippen molar-refractivity contribution in [3.63, 3.8) is 0 Å². The van der Waals surface area contributed by atoms with Crippen LogP contribution in [0.5, 0.6) is 0 Å². The minimum atomic E-state index is 0. The molecule has 4 rings (SSSR count). The van der Waals surface area contributed by atoms with Gasteiger partial charge in [-0.25, -0.2) is 9.97 Å². The topological polar surface area (TPSA) is 56.7 Å². The van der Waals surface area contributed by atoms with Crippen molar-refractivity contribution < 1.29 is 0 Å². The molecule has 7 heteroatoms. The summed E-state index contributed by atoms with van der Waals surface area (Å²) in [4.78, 5) is 17.8. The molecule has 0 radical (unpaired) electrons. The number of fused-ring (bicyclic) bond motifs is 1. The first-order valence-corrected chi connectivity index (χ1v) is 9.90. The van der Waals surface area contributed by atoms with Gasteiger partial charge in [-0.2, -0.15) is 0 Å². The summed E-state index contributed by atoms with van der Waals surface area (Å²) in [7, 11) is 1.88. The molecule has 1 atom stereocenters. The first kappa shape index (κ1) is 20.8. The van der Waals surface area contributed by atoms with E-state index in [0.717, 1.165) is 44.6 Å². The van der Waals surface area contributed by atoms with Gasteiger partial charge in [0.15, 0.2) is 5.96 Å². The number of halogens is 1. The Hall–Kier alpha value is -1.90. The number of nitrogens with zero attached hydrogens (tertiary/aromatic N) is 5. The molecule has 6 nitrogen and oxygen atoms in total. The molecule has 0 spiro atoms. The van der Waals surface area contributed by atoms with Gasteiger partial charge in [-0.3, -0.25) is 4.99 Å². The minimum absolute atomic E-state index is 0. The van der Waals surface area contributed by atoms with Gasteiger partial charge in [0.2, 0.25) is 5.95 Å². The highest BCUT2D eigenvalue weighted by Crippen LogP contribution is 2.30. The minimum Gasteiger partial charge on any atom is -0.356 e. The van der Waals surface area contributed by atoms with E-state index in [1.165, 1.54) is 30.4 Å². The van der Waals surface area contributed by atoms with E-state index in [9.17, 15) is 0 Å². The summed E-state index contributed by atoms with van der Waals surface area (Å²) in [6.45, 7) is 4.64. The van der Waals surface area contributed by atoms with Crippen LogP contribution in [0.25, 0.3) is 0 Å². The van der Waals surface area contributed by atoms with Crippen molar-refractivity contribution in [2.45, 2.75) is 25.2 Å². The van der Waals surface area contributed by atoms with Gasteiger partial charge in [0.05, 0.1) is 0 Å². The SMILES string of the molecule is CN=C(NCC1CCCc2ccccc21)N1CCN(c2ncccn2)CC1.I. The quantitative estimate of drug-likeness (QED) is 0.406. The highest BCUT2D eigenvalue weighted by molar-refractivity contribution is 14.0. The normalized spacial score (nSPS) is 19.6. The number of guanidine groups is 1. The first-order valence-electron chi connectivity index (χ1n) is 9.90. The van der Waals surface area contributed by atoms with Crippen LogP contribution in [0.1, 0.15) is 29.9 Å². The lowest BCUT2D eigenvalue weighted by atomic mass is 9.83. The number of benzene rings is 1. The Morgan fingerprint density at radius 3 is 2.61 bits per heavy atom. The Morgan fingerprint density at radius 1 is 1.11 bits per heavy atom. The second-order valence-electron chi connectivity index (χ2n) is 7.24. The molecule has 1 aromatic heterocycles. The lowest BCUT2D eigenvalue weighted by Crippen LogP contribution is -2.53. The molecule has 0 bridgehead atoms. The van der Waals surface area contributed by atoms with Crippen LogP contribution in [0.15, 0.2) is 47.7 Å². The van der Waals surface area contributed by atoms with E-state index in [1.807, 2.05) is 13.1 Å². The van der Waals surface area contributed by atoms with Gasteiger partial charge in [0.25, 0.3) is 0 Å². The summed E-state index contributed by atoms with van der Waals surface area (Å²) in [6, 6.07) is 10.7. The monoisotopic (exact) mass is 492 g/mol. The van der Waals surface area contributed by atoms with Crippen molar-refractivity contribution in [1.82, 2.24) is 20.2 Å². The molecule has 1 aromatic carbocycles. The Balaban J connectivity index is 0.00000225. The lowest BCUT2D eigenvalue weighted by molar-refractivity contribution is 0.367. The Bertz CT molecular complexity index is 773. The maximum Gasteiger partial charge on any atom is 0.225 e. The standard InChI is InChI=1S/C21H28N6.HI/c1-22-20(25-16-18-8-4-7-17-6-2-3-9-19(17)18)26-12-14-27(15-13-26)21-23-10-5-11-24-21;/h2-3,5-6,9-11,18H,4,7-8,12-16H2,1H3,(H,22,25);1H. The number of piperazine rings is 1. The molecule has 2 aliphatic rings. The molecule has 1 N–H and O–H groups in total. The molecule has 1 aliphatic carbocycles. The van der Waals surface area contributed by atoms with Crippen molar-refractivity contribution in [2.24, 2.45) is 4.99 Å². The summed E-state index contributed by atoms with van der Waals surface area (Å²) < 4.78 is 0. The Labute approximate surface area is 184 Å². The highest BCUT2D eigenvalue weighted by atomic mass is 127. The highest BCUT2D eigenvalue weighted by Gasteiger charge is 2.23. The van der Waals surface area contributed by atoms with E-state index >= 15 is 0 Å². The molecule has 0 amide bonds. The van der Waals surface area contributed by atoms with E-state index in [-0.39, 0.29) is 24.0 Å². The van der Waals surface area contributed by atoms with Crippen LogP contribution in [-0.2, 0) is 6.42 Å². The van der Waals surface area contributed by atoms with Gasteiger partial charge in [-0.1, -0.05) is 24.3 Å². The third-order valence-corrected chi connectivity index (χ3v) is 5.63. The van der Waals surface area contributed by atoms with Crippen molar-refractivity contribution in [1.29, 1.82) is 0 Å². The maximum atomic E-state index is 4.53. The van der Waals surface area contributed by atoms with Crippen LogP contribution in [0, 0.1) is 0 Å². The van der Waals surface area contributed by atoms with E-state index in [0.29, 0.717) is 5.92 Å². The molecule has 1 saturated heterocycles. The zero-order chi connectivity index (χ0) is 18.5. The van der Waals surface area contributed by atoms with Crippen LogP contribution < -0.4 is 10.2 Å². The maximum absolute atomic E-state index is 4.53. The molecular weight excluding hydrogens is 463 g/mol. The number of hydrogen-bond donors (Lipinski definition) is 1. The second kappa shape index (κ2) is 10.0. The Morgan fingerprint density at radius 2 is 1.86 bits per heavy atom. The van der Waals surface area contributed by atoms with Crippen LogP contribution in [0.3, 0.4) is 0 Å². The van der Waals surface area contributed by atoms with Gasteiger partial charge >= 0.3 is 0 Å². The fraction of sp³-hybridized carbons (Fsp3) is 0.476. The second-order valence-corrected chi connectivity index (χ2v) is 7.24. The number of anilines is 1. The van der Waals surface area contributed by atoms with Crippen molar-refractivity contribution in [2.75, 3.05) is 44.7 Å². The smallest absolute Gasteiger partial charge is 0.225 e. The largest absolute Gasteiger partial charge is 0.356 e. The summed E-state index contributed by atoms with van der Waals surface area (Å²) in [5.41, 5.74) is 3.03. The summed E-state index contributed by atoms with van der Waals surface area (Å²) in [6.07, 6.45) is 7.34. The fourth-order valence-corrected chi connectivity index (χ4v) is 4.19. The Kier molecular flexibility index (Phi) is 7.47. The van der Waals surface area contributed by atoms with Gasteiger partial charge in [-0.15, -0.1) is 24.0 Å². The van der Waals surface area contributed by atoms with Crippen LogP contribution in [0.2, 0.25) is 0 Å². The molecule has 2 heterocycles. The average molecular weight is 492 g/mol. The molecule has 0 saturated carbocycles. The third kappa shape index (κ3) is 4.74.